The van der Waals surface area contributed by atoms with Crippen LogP contribution in [-0.2, 0) is 0 Å². The van der Waals surface area contributed by atoms with E-state index >= 15 is 0 Å². The Kier molecular flexibility index (Phi) is 4.85. The highest BCUT2D eigenvalue weighted by Crippen LogP contribution is 2.27. The predicted molar refractivity (Wildman–Crippen MR) is 82.1 cm³/mol. The molecule has 2 rings (SSSR count). The molecule has 1 aliphatic heterocycles. The number of rotatable bonds is 3. The predicted octanol–water partition coefficient (Wildman–Crippen LogP) is 4.04. The number of aryl methyl sites for hydroxylation is 1. The van der Waals surface area contributed by atoms with E-state index in [9.17, 15) is 4.39 Å². The quantitative estimate of drug-likeness (QED) is 0.900. The molecule has 0 aliphatic carbocycles. The van der Waals surface area contributed by atoms with Gasteiger partial charge in [0.25, 0.3) is 0 Å². The molecule has 1 saturated heterocycles. The average molecular weight is 329 g/mol. The second-order valence-electron chi connectivity index (χ2n) is 5.68. The number of nitrogens with one attached hydrogen (secondary N) is 1. The van der Waals surface area contributed by atoms with Crippen LogP contribution >= 0.6 is 15.9 Å². The molecular weight excluding hydrogens is 307 g/mol. The van der Waals surface area contributed by atoms with E-state index in [0.29, 0.717) is 16.4 Å². The summed E-state index contributed by atoms with van der Waals surface area (Å²) < 4.78 is 13.9. The third kappa shape index (κ3) is 3.69. The number of halogens is 2. The monoisotopic (exact) mass is 328 g/mol. The van der Waals surface area contributed by atoms with Crippen molar-refractivity contribution in [2.24, 2.45) is 5.92 Å². The number of likely N-dealkylation sites (tertiary alicyclic amines) is 1. The van der Waals surface area contributed by atoms with Crippen molar-refractivity contribution in [3.63, 3.8) is 0 Å². The summed E-state index contributed by atoms with van der Waals surface area (Å²) in [5.74, 6) is 0.454. The van der Waals surface area contributed by atoms with E-state index in [1.807, 2.05) is 13.0 Å². The lowest BCUT2D eigenvalue weighted by Crippen LogP contribution is -2.39. The summed E-state index contributed by atoms with van der Waals surface area (Å²) >= 11 is 3.25. The maximum absolute atomic E-state index is 13.4. The van der Waals surface area contributed by atoms with Crippen molar-refractivity contribution in [1.82, 2.24) is 4.90 Å². The van der Waals surface area contributed by atoms with Gasteiger partial charge in [0.1, 0.15) is 5.82 Å². The smallest absolute Gasteiger partial charge is 0.137 e. The van der Waals surface area contributed by atoms with Crippen molar-refractivity contribution in [2.75, 3.05) is 25.5 Å². The topological polar surface area (TPSA) is 15.3 Å². The number of hydrogen-bond donors (Lipinski definition) is 1. The molecule has 0 saturated carbocycles. The molecule has 1 heterocycles. The number of anilines is 1. The van der Waals surface area contributed by atoms with Crippen molar-refractivity contribution in [3.05, 3.63) is 28.0 Å². The molecule has 1 N–H and O–H groups in total. The Morgan fingerprint density at radius 3 is 2.89 bits per heavy atom. The van der Waals surface area contributed by atoms with Gasteiger partial charge in [0, 0.05) is 18.3 Å². The first-order valence-electron chi connectivity index (χ1n) is 6.88. The molecule has 106 valence electrons. The van der Waals surface area contributed by atoms with Crippen LogP contribution in [0.3, 0.4) is 0 Å². The molecule has 2 atom stereocenters. The highest BCUT2D eigenvalue weighted by atomic mass is 79.9. The summed E-state index contributed by atoms with van der Waals surface area (Å²) in [5.41, 5.74) is 1.98. The SMILES string of the molecule is Cc1cc(F)c(Br)cc1NC(C)C1CCCN(C)C1. The fourth-order valence-electron chi connectivity index (χ4n) is 2.78. The van der Waals surface area contributed by atoms with Crippen molar-refractivity contribution in [1.29, 1.82) is 0 Å². The fourth-order valence-corrected chi connectivity index (χ4v) is 3.12. The highest BCUT2D eigenvalue weighted by Gasteiger charge is 2.23. The molecule has 0 amide bonds. The molecule has 1 aliphatic rings. The van der Waals surface area contributed by atoms with Gasteiger partial charge in [0.05, 0.1) is 4.47 Å². The normalized spacial score (nSPS) is 22.3. The summed E-state index contributed by atoms with van der Waals surface area (Å²) in [6.07, 6.45) is 2.53. The molecule has 1 aromatic rings. The van der Waals surface area contributed by atoms with Gasteiger partial charge in [0.2, 0.25) is 0 Å². The van der Waals surface area contributed by atoms with E-state index < -0.39 is 0 Å². The van der Waals surface area contributed by atoms with E-state index in [0.717, 1.165) is 17.8 Å². The molecule has 0 spiro atoms. The Labute approximate surface area is 123 Å². The lowest BCUT2D eigenvalue weighted by molar-refractivity contribution is 0.197. The number of piperidine rings is 1. The molecule has 4 heteroatoms. The third-order valence-corrected chi connectivity index (χ3v) is 4.63. The van der Waals surface area contributed by atoms with E-state index in [2.05, 4.69) is 40.1 Å². The molecule has 0 aromatic heterocycles. The highest BCUT2D eigenvalue weighted by molar-refractivity contribution is 9.10. The zero-order valence-electron chi connectivity index (χ0n) is 11.8. The van der Waals surface area contributed by atoms with Gasteiger partial charge in [-0.05, 0) is 79.8 Å². The van der Waals surface area contributed by atoms with Gasteiger partial charge >= 0.3 is 0 Å². The Morgan fingerprint density at radius 1 is 1.47 bits per heavy atom. The summed E-state index contributed by atoms with van der Waals surface area (Å²) in [6.45, 7) is 6.50. The van der Waals surface area contributed by atoms with Gasteiger partial charge in [-0.25, -0.2) is 4.39 Å². The Bertz CT molecular complexity index is 450. The van der Waals surface area contributed by atoms with Crippen LogP contribution in [0.4, 0.5) is 10.1 Å². The van der Waals surface area contributed by atoms with E-state index in [-0.39, 0.29) is 5.82 Å². The Hall–Kier alpha value is -0.610. The van der Waals surface area contributed by atoms with Gasteiger partial charge in [-0.15, -0.1) is 0 Å². The molecule has 0 radical (unpaired) electrons. The lowest BCUT2D eigenvalue weighted by atomic mass is 9.91. The first-order chi connectivity index (χ1) is 8.97. The molecule has 0 bridgehead atoms. The number of benzene rings is 1. The minimum absolute atomic E-state index is 0.201. The first kappa shape index (κ1) is 14.8. The number of nitrogens with zero attached hydrogens (tertiary/aromatic N) is 1. The van der Waals surface area contributed by atoms with Crippen molar-refractivity contribution >= 4 is 21.6 Å². The maximum atomic E-state index is 13.4. The van der Waals surface area contributed by atoms with E-state index in [4.69, 9.17) is 0 Å². The minimum atomic E-state index is -0.201. The van der Waals surface area contributed by atoms with E-state index in [1.54, 1.807) is 6.07 Å². The second-order valence-corrected chi connectivity index (χ2v) is 6.53. The molecule has 1 fully saturated rings. The average Bonchev–Trinajstić information content (AvgIpc) is 2.36. The van der Waals surface area contributed by atoms with Crippen LogP contribution in [0.2, 0.25) is 0 Å². The van der Waals surface area contributed by atoms with Crippen molar-refractivity contribution < 1.29 is 4.39 Å². The Morgan fingerprint density at radius 2 is 2.21 bits per heavy atom. The van der Waals surface area contributed by atoms with Crippen LogP contribution in [0, 0.1) is 18.7 Å². The summed E-state index contributed by atoms with van der Waals surface area (Å²) in [7, 11) is 2.18. The maximum Gasteiger partial charge on any atom is 0.137 e. The lowest BCUT2D eigenvalue weighted by Gasteiger charge is -2.34. The molecule has 2 unspecified atom stereocenters. The fraction of sp³-hybridized carbons (Fsp3) is 0.600. The summed E-state index contributed by atoms with van der Waals surface area (Å²) in [5, 5.41) is 3.55. The summed E-state index contributed by atoms with van der Waals surface area (Å²) in [6, 6.07) is 3.82. The van der Waals surface area contributed by atoms with Crippen LogP contribution in [0.25, 0.3) is 0 Å². The van der Waals surface area contributed by atoms with Crippen LogP contribution < -0.4 is 5.32 Å². The molecule has 2 nitrogen and oxygen atoms in total. The van der Waals surface area contributed by atoms with Crippen molar-refractivity contribution in [2.45, 2.75) is 32.7 Å². The summed E-state index contributed by atoms with van der Waals surface area (Å²) in [4.78, 5) is 2.39. The third-order valence-electron chi connectivity index (χ3n) is 4.02. The van der Waals surface area contributed by atoms with Crippen LogP contribution in [0.15, 0.2) is 16.6 Å². The van der Waals surface area contributed by atoms with E-state index in [1.165, 1.54) is 19.4 Å². The van der Waals surface area contributed by atoms with Gasteiger partial charge < -0.3 is 10.2 Å². The minimum Gasteiger partial charge on any atom is -0.382 e. The zero-order chi connectivity index (χ0) is 14.0. The Balaban J connectivity index is 2.06. The van der Waals surface area contributed by atoms with Crippen LogP contribution in [0.5, 0.6) is 0 Å². The molecular formula is C15H22BrFN2. The second kappa shape index (κ2) is 6.23. The van der Waals surface area contributed by atoms with Crippen LogP contribution in [0.1, 0.15) is 25.3 Å². The van der Waals surface area contributed by atoms with Gasteiger partial charge in [0.15, 0.2) is 0 Å². The van der Waals surface area contributed by atoms with Gasteiger partial charge in [-0.1, -0.05) is 0 Å². The first-order valence-corrected chi connectivity index (χ1v) is 7.67. The zero-order valence-corrected chi connectivity index (χ0v) is 13.4. The largest absolute Gasteiger partial charge is 0.382 e. The molecule has 19 heavy (non-hydrogen) atoms. The van der Waals surface area contributed by atoms with Crippen molar-refractivity contribution in [3.8, 4) is 0 Å². The van der Waals surface area contributed by atoms with Crippen LogP contribution in [-0.4, -0.2) is 31.1 Å². The van der Waals surface area contributed by atoms with Gasteiger partial charge in [-0.3, -0.25) is 0 Å². The standard InChI is InChI=1S/C15H22BrFN2/c1-10-7-14(17)13(16)8-15(10)18-11(2)12-5-4-6-19(3)9-12/h7-8,11-12,18H,4-6,9H2,1-3H3. The molecule has 1 aromatic carbocycles. The number of hydrogen-bond acceptors (Lipinski definition) is 2. The van der Waals surface area contributed by atoms with Gasteiger partial charge in [-0.2, -0.15) is 0 Å².